The summed E-state index contributed by atoms with van der Waals surface area (Å²) in [7, 11) is 0. The molecule has 0 radical (unpaired) electrons. The van der Waals surface area contributed by atoms with Crippen LogP contribution in [0.3, 0.4) is 0 Å². The molecule has 0 spiro atoms. The summed E-state index contributed by atoms with van der Waals surface area (Å²) in [6, 6.07) is 8.88. The zero-order valence-electron chi connectivity index (χ0n) is 22.9. The SMILES string of the molecule is C=CCCN1CC(c2cccc(C/N=C(\CN=C)C3=CC(C#N)=C(CC(C)C)CC3)c2CCC)CC1=O. The molecule has 1 saturated heterocycles. The monoisotopic (exact) mass is 498 g/mol. The second-order valence-corrected chi connectivity index (χ2v) is 10.6. The van der Waals surface area contributed by atoms with Gasteiger partial charge in [-0.05, 0) is 73.1 Å². The second kappa shape index (κ2) is 13.9. The lowest BCUT2D eigenvalue weighted by Crippen LogP contribution is -2.25. The number of nitriles is 1. The Morgan fingerprint density at radius 2 is 2.14 bits per heavy atom. The molecule has 5 heteroatoms. The lowest BCUT2D eigenvalue weighted by atomic mass is 9.86. The first kappa shape index (κ1) is 28.3. The zero-order valence-corrected chi connectivity index (χ0v) is 22.9. The van der Waals surface area contributed by atoms with Crippen LogP contribution in [0.5, 0.6) is 0 Å². The van der Waals surface area contributed by atoms with Crippen molar-refractivity contribution in [3.8, 4) is 6.07 Å². The summed E-state index contributed by atoms with van der Waals surface area (Å²) in [6.45, 7) is 16.6. The highest BCUT2D eigenvalue weighted by molar-refractivity contribution is 6.02. The molecule has 1 amide bonds. The van der Waals surface area contributed by atoms with Crippen LogP contribution < -0.4 is 0 Å². The molecule has 1 aromatic rings. The van der Waals surface area contributed by atoms with Crippen molar-refractivity contribution in [2.75, 3.05) is 19.6 Å². The van der Waals surface area contributed by atoms with Gasteiger partial charge >= 0.3 is 0 Å². The number of carbonyl (C=O) groups excluding carboxylic acids is 1. The highest BCUT2D eigenvalue weighted by Gasteiger charge is 2.31. The molecular formula is C32H42N4O. The largest absolute Gasteiger partial charge is 0.342 e. The standard InChI is InChI=1S/C32H42N4O/c1-6-8-15-36-22-28(18-32(36)37)30-12-9-11-26(29(30)10-7-2)20-35-31(21-34-5)25-14-13-24(16-23(3)4)27(17-25)19-33/h6,9,11-12,17,23,28H,1,5,7-8,10,13-16,18,20-22H2,2-4H3/b35-31+. The molecule has 1 aliphatic heterocycles. The van der Waals surface area contributed by atoms with Gasteiger partial charge in [-0.3, -0.25) is 14.8 Å². The predicted octanol–water partition coefficient (Wildman–Crippen LogP) is 6.76. The van der Waals surface area contributed by atoms with Gasteiger partial charge < -0.3 is 4.90 Å². The van der Waals surface area contributed by atoms with Crippen LogP contribution in [0.15, 0.2) is 63.6 Å². The Bertz CT molecular complexity index is 1130. The highest BCUT2D eigenvalue weighted by Crippen LogP contribution is 2.33. The third kappa shape index (κ3) is 7.38. The molecule has 0 N–H and O–H groups in total. The minimum atomic E-state index is 0.223. The Balaban J connectivity index is 1.89. The van der Waals surface area contributed by atoms with E-state index < -0.39 is 0 Å². The van der Waals surface area contributed by atoms with E-state index in [0.717, 1.165) is 68.5 Å². The van der Waals surface area contributed by atoms with E-state index in [4.69, 9.17) is 4.99 Å². The van der Waals surface area contributed by atoms with Crippen molar-refractivity contribution < 1.29 is 4.79 Å². The van der Waals surface area contributed by atoms with Crippen molar-refractivity contribution in [3.05, 3.63) is 70.3 Å². The number of carbonyl (C=O) groups is 1. The van der Waals surface area contributed by atoms with Gasteiger partial charge in [0.1, 0.15) is 0 Å². The van der Waals surface area contributed by atoms with Gasteiger partial charge in [0.2, 0.25) is 5.91 Å². The Labute approximate surface area is 223 Å². The summed E-state index contributed by atoms with van der Waals surface area (Å²) in [6.07, 6.45) is 10.0. The first-order valence-corrected chi connectivity index (χ1v) is 13.7. The van der Waals surface area contributed by atoms with Crippen molar-refractivity contribution in [2.24, 2.45) is 15.9 Å². The van der Waals surface area contributed by atoms with Gasteiger partial charge in [0, 0.05) is 25.4 Å². The minimum Gasteiger partial charge on any atom is -0.342 e. The van der Waals surface area contributed by atoms with Crippen LogP contribution in [0, 0.1) is 17.2 Å². The van der Waals surface area contributed by atoms with E-state index in [0.29, 0.717) is 25.4 Å². The summed E-state index contributed by atoms with van der Waals surface area (Å²) >= 11 is 0. The maximum atomic E-state index is 12.6. The highest BCUT2D eigenvalue weighted by atomic mass is 16.2. The Hall–Kier alpha value is -3.26. The quantitative estimate of drug-likeness (QED) is 0.223. The molecule has 3 rings (SSSR count). The van der Waals surface area contributed by atoms with Crippen molar-refractivity contribution >= 4 is 18.3 Å². The second-order valence-electron chi connectivity index (χ2n) is 10.6. The van der Waals surface area contributed by atoms with E-state index in [-0.39, 0.29) is 11.8 Å². The summed E-state index contributed by atoms with van der Waals surface area (Å²) in [5, 5.41) is 9.77. The Morgan fingerprint density at radius 1 is 1.32 bits per heavy atom. The maximum absolute atomic E-state index is 12.6. The lowest BCUT2D eigenvalue weighted by Gasteiger charge is -2.21. The van der Waals surface area contributed by atoms with E-state index in [1.54, 1.807) is 0 Å². The number of benzene rings is 1. The van der Waals surface area contributed by atoms with Crippen molar-refractivity contribution in [1.82, 2.24) is 4.90 Å². The van der Waals surface area contributed by atoms with Gasteiger partial charge in [0.05, 0.1) is 30.4 Å². The summed E-state index contributed by atoms with van der Waals surface area (Å²) in [5.74, 6) is 0.991. The average molecular weight is 499 g/mol. The first-order chi connectivity index (χ1) is 17.9. The maximum Gasteiger partial charge on any atom is 0.223 e. The first-order valence-electron chi connectivity index (χ1n) is 13.7. The number of likely N-dealkylation sites (tertiary alicyclic amines) is 1. The average Bonchev–Trinajstić information content (AvgIpc) is 3.26. The molecule has 1 heterocycles. The molecule has 0 aromatic heterocycles. The number of hydrogen-bond acceptors (Lipinski definition) is 4. The molecule has 1 aliphatic carbocycles. The molecule has 1 atom stereocenters. The lowest BCUT2D eigenvalue weighted by molar-refractivity contribution is -0.127. The fourth-order valence-electron chi connectivity index (χ4n) is 5.54. The van der Waals surface area contributed by atoms with Crippen LogP contribution in [0.2, 0.25) is 0 Å². The number of amides is 1. The molecule has 0 saturated carbocycles. The summed E-state index contributed by atoms with van der Waals surface area (Å²) < 4.78 is 0. The molecule has 0 bridgehead atoms. The number of hydrogen-bond donors (Lipinski definition) is 0. The smallest absolute Gasteiger partial charge is 0.223 e. The van der Waals surface area contributed by atoms with Gasteiger partial charge in [-0.25, -0.2) is 0 Å². The molecule has 37 heavy (non-hydrogen) atoms. The molecule has 1 fully saturated rings. The normalized spacial score (nSPS) is 18.3. The molecule has 5 nitrogen and oxygen atoms in total. The van der Waals surface area contributed by atoms with Crippen LogP contribution in [-0.4, -0.2) is 42.9 Å². The van der Waals surface area contributed by atoms with Gasteiger partial charge in [0.25, 0.3) is 0 Å². The topological polar surface area (TPSA) is 68.8 Å². The molecule has 2 aliphatic rings. The number of allylic oxidation sites excluding steroid dienone is 3. The third-order valence-corrected chi connectivity index (χ3v) is 7.31. The van der Waals surface area contributed by atoms with E-state index in [2.05, 4.69) is 63.3 Å². The van der Waals surface area contributed by atoms with E-state index >= 15 is 0 Å². The fraction of sp³-hybridized carbons (Fsp3) is 0.500. The molecule has 1 unspecified atom stereocenters. The zero-order chi connectivity index (χ0) is 26.8. The Kier molecular flexibility index (Phi) is 10.6. The fourth-order valence-corrected chi connectivity index (χ4v) is 5.54. The summed E-state index contributed by atoms with van der Waals surface area (Å²) in [5.41, 5.74) is 7.89. The van der Waals surface area contributed by atoms with Gasteiger partial charge in [-0.15, -0.1) is 6.58 Å². The molecule has 1 aromatic carbocycles. The van der Waals surface area contributed by atoms with Gasteiger partial charge in [-0.2, -0.15) is 5.26 Å². The Morgan fingerprint density at radius 3 is 2.81 bits per heavy atom. The van der Waals surface area contributed by atoms with Crippen LogP contribution in [0.25, 0.3) is 0 Å². The van der Waals surface area contributed by atoms with Crippen LogP contribution in [0.4, 0.5) is 0 Å². The predicted molar refractivity (Wildman–Crippen MR) is 154 cm³/mol. The van der Waals surface area contributed by atoms with Gasteiger partial charge in [-0.1, -0.05) is 57.0 Å². The number of rotatable bonds is 13. The molecule has 196 valence electrons. The van der Waals surface area contributed by atoms with E-state index in [9.17, 15) is 10.1 Å². The number of nitrogens with zero attached hydrogens (tertiary/aromatic N) is 4. The van der Waals surface area contributed by atoms with Crippen molar-refractivity contribution in [1.29, 1.82) is 5.26 Å². The number of aliphatic imine (C=N–C) groups is 2. The third-order valence-electron chi connectivity index (χ3n) is 7.31. The van der Waals surface area contributed by atoms with Crippen LogP contribution in [0.1, 0.15) is 81.9 Å². The van der Waals surface area contributed by atoms with Crippen molar-refractivity contribution in [3.63, 3.8) is 0 Å². The summed E-state index contributed by atoms with van der Waals surface area (Å²) in [4.78, 5) is 23.8. The van der Waals surface area contributed by atoms with Gasteiger partial charge in [0.15, 0.2) is 0 Å². The van der Waals surface area contributed by atoms with Crippen molar-refractivity contribution in [2.45, 2.75) is 78.2 Å². The van der Waals surface area contributed by atoms with E-state index in [1.807, 2.05) is 17.1 Å². The van der Waals surface area contributed by atoms with E-state index in [1.165, 1.54) is 22.3 Å². The van der Waals surface area contributed by atoms with Crippen LogP contribution >= 0.6 is 0 Å². The molecular weight excluding hydrogens is 456 g/mol. The minimum absolute atomic E-state index is 0.223. The van der Waals surface area contributed by atoms with Crippen LogP contribution in [-0.2, 0) is 17.8 Å².